The first-order valence-electron chi connectivity index (χ1n) is 9.45. The summed E-state index contributed by atoms with van der Waals surface area (Å²) in [5.74, 6) is -0.913. The van der Waals surface area contributed by atoms with Crippen LogP contribution in [0, 0.1) is 0 Å². The molecule has 0 unspecified atom stereocenters. The molecule has 0 atom stereocenters. The summed E-state index contributed by atoms with van der Waals surface area (Å²) >= 11 is 6.02. The number of nitrogens with zero attached hydrogens (tertiary/aromatic N) is 1. The molecule has 0 saturated carbocycles. The van der Waals surface area contributed by atoms with Crippen molar-refractivity contribution in [1.29, 1.82) is 0 Å². The van der Waals surface area contributed by atoms with Crippen LogP contribution in [0.1, 0.15) is 16.2 Å². The number of halogens is 1. The van der Waals surface area contributed by atoms with Gasteiger partial charge in [-0.3, -0.25) is 9.59 Å². The topological polar surface area (TPSA) is 104 Å². The number of carboxylic acid groups (broad SMARTS) is 1. The average Bonchev–Trinajstić information content (AvgIpc) is 3.20. The van der Waals surface area contributed by atoms with E-state index in [9.17, 15) is 9.59 Å². The molecule has 0 fully saturated rings. The zero-order valence-electron chi connectivity index (χ0n) is 16.3. The molecule has 0 bridgehead atoms. The molecule has 7 nitrogen and oxygen atoms in total. The number of aromatic amines is 1. The highest BCUT2D eigenvalue weighted by Crippen LogP contribution is 2.27. The zero-order chi connectivity index (χ0) is 21.8. The van der Waals surface area contributed by atoms with Gasteiger partial charge in [-0.05, 0) is 53.1 Å². The molecule has 0 radical (unpaired) electrons. The van der Waals surface area contributed by atoms with Crippen LogP contribution in [0.3, 0.4) is 0 Å². The minimum absolute atomic E-state index is 0.0620. The number of carboxylic acids is 1. The second-order valence-electron chi connectivity index (χ2n) is 6.84. The number of rotatable bonds is 7. The van der Waals surface area contributed by atoms with Crippen molar-refractivity contribution in [3.05, 3.63) is 83.1 Å². The SMILES string of the molecule is O=C(O)CNC(=O)c1nc2ccc(-c3cccc(OCc4cccc(Cl)c4)c3)cc2[nH]1. The summed E-state index contributed by atoms with van der Waals surface area (Å²) in [5, 5.41) is 11.6. The number of nitrogens with one attached hydrogen (secondary N) is 2. The second kappa shape index (κ2) is 8.89. The summed E-state index contributed by atoms with van der Waals surface area (Å²) in [6.07, 6.45) is 0. The van der Waals surface area contributed by atoms with Gasteiger partial charge in [-0.15, -0.1) is 0 Å². The predicted molar refractivity (Wildman–Crippen MR) is 117 cm³/mol. The number of amides is 1. The fourth-order valence-corrected chi connectivity index (χ4v) is 3.31. The molecule has 1 amide bonds. The number of ether oxygens (including phenoxy) is 1. The Bertz CT molecular complexity index is 1270. The van der Waals surface area contributed by atoms with Crippen LogP contribution in [0.2, 0.25) is 5.02 Å². The second-order valence-corrected chi connectivity index (χ2v) is 7.28. The number of hydrogen-bond donors (Lipinski definition) is 3. The summed E-state index contributed by atoms with van der Waals surface area (Å²) in [4.78, 5) is 29.8. The monoisotopic (exact) mass is 435 g/mol. The smallest absolute Gasteiger partial charge is 0.322 e. The van der Waals surface area contributed by atoms with Crippen molar-refractivity contribution in [3.8, 4) is 16.9 Å². The standard InChI is InChI=1S/C23H18ClN3O4/c24-17-5-1-3-14(9-17)13-31-18-6-2-4-15(10-18)16-7-8-19-20(11-16)27-22(26-19)23(30)25-12-21(28)29/h1-11H,12-13H2,(H,25,30)(H,26,27)(H,28,29). The molecule has 0 aliphatic rings. The lowest BCUT2D eigenvalue weighted by atomic mass is 10.0. The van der Waals surface area contributed by atoms with Crippen molar-refractivity contribution in [1.82, 2.24) is 15.3 Å². The molecular formula is C23H18ClN3O4. The molecule has 156 valence electrons. The van der Waals surface area contributed by atoms with Crippen LogP contribution in [0.4, 0.5) is 0 Å². The number of benzene rings is 3. The first-order chi connectivity index (χ1) is 15.0. The number of fused-ring (bicyclic) bond motifs is 1. The van der Waals surface area contributed by atoms with Crippen molar-refractivity contribution >= 4 is 34.5 Å². The van der Waals surface area contributed by atoms with E-state index in [1.54, 1.807) is 6.07 Å². The molecule has 1 aromatic heterocycles. The third-order valence-corrected chi connectivity index (χ3v) is 4.79. The maximum atomic E-state index is 12.0. The molecule has 0 aliphatic carbocycles. The maximum Gasteiger partial charge on any atom is 0.322 e. The Hall–Kier alpha value is -3.84. The van der Waals surface area contributed by atoms with Crippen LogP contribution < -0.4 is 10.1 Å². The Morgan fingerprint density at radius 2 is 1.84 bits per heavy atom. The van der Waals surface area contributed by atoms with Gasteiger partial charge in [0.2, 0.25) is 0 Å². The van der Waals surface area contributed by atoms with Gasteiger partial charge < -0.3 is 20.1 Å². The van der Waals surface area contributed by atoms with E-state index >= 15 is 0 Å². The normalized spacial score (nSPS) is 10.7. The Labute approximate surface area is 182 Å². The molecule has 3 aromatic carbocycles. The molecule has 0 spiro atoms. The number of aromatic nitrogens is 2. The molecule has 1 heterocycles. The largest absolute Gasteiger partial charge is 0.489 e. The number of H-pyrrole nitrogens is 1. The first kappa shape index (κ1) is 20.4. The Morgan fingerprint density at radius 3 is 2.65 bits per heavy atom. The van der Waals surface area contributed by atoms with Crippen LogP contribution in [-0.2, 0) is 11.4 Å². The van der Waals surface area contributed by atoms with E-state index in [4.69, 9.17) is 21.4 Å². The molecule has 4 aromatic rings. The van der Waals surface area contributed by atoms with E-state index in [0.717, 1.165) is 22.4 Å². The highest BCUT2D eigenvalue weighted by Gasteiger charge is 2.13. The van der Waals surface area contributed by atoms with Gasteiger partial charge in [0.25, 0.3) is 5.91 Å². The first-order valence-corrected chi connectivity index (χ1v) is 9.83. The molecular weight excluding hydrogens is 418 g/mol. The highest BCUT2D eigenvalue weighted by atomic mass is 35.5. The Balaban J connectivity index is 1.52. The van der Waals surface area contributed by atoms with Crippen molar-refractivity contribution in [2.45, 2.75) is 6.61 Å². The quantitative estimate of drug-likeness (QED) is 0.402. The minimum atomic E-state index is -1.12. The zero-order valence-corrected chi connectivity index (χ0v) is 17.0. The van der Waals surface area contributed by atoms with E-state index in [1.807, 2.05) is 60.7 Å². The number of carbonyl (C=O) groups is 2. The molecule has 0 aliphatic heterocycles. The van der Waals surface area contributed by atoms with Gasteiger partial charge >= 0.3 is 5.97 Å². The molecule has 8 heteroatoms. The highest BCUT2D eigenvalue weighted by molar-refractivity contribution is 6.30. The van der Waals surface area contributed by atoms with Crippen LogP contribution in [0.15, 0.2) is 66.7 Å². The summed E-state index contributed by atoms with van der Waals surface area (Å²) in [7, 11) is 0. The van der Waals surface area contributed by atoms with Gasteiger partial charge in [-0.1, -0.05) is 41.9 Å². The van der Waals surface area contributed by atoms with Gasteiger partial charge in [0.1, 0.15) is 18.9 Å². The van der Waals surface area contributed by atoms with Gasteiger partial charge in [-0.2, -0.15) is 0 Å². The third kappa shape index (κ3) is 5.02. The van der Waals surface area contributed by atoms with Gasteiger partial charge in [0.15, 0.2) is 5.82 Å². The number of carbonyl (C=O) groups excluding carboxylic acids is 1. The Morgan fingerprint density at radius 1 is 1.03 bits per heavy atom. The van der Waals surface area contributed by atoms with Crippen molar-refractivity contribution in [2.24, 2.45) is 0 Å². The third-order valence-electron chi connectivity index (χ3n) is 4.56. The van der Waals surface area contributed by atoms with Gasteiger partial charge in [-0.25, -0.2) is 4.98 Å². The van der Waals surface area contributed by atoms with Crippen LogP contribution in [0.5, 0.6) is 5.75 Å². The fourth-order valence-electron chi connectivity index (χ4n) is 3.10. The summed E-state index contributed by atoms with van der Waals surface area (Å²) in [5.41, 5.74) is 4.12. The van der Waals surface area contributed by atoms with E-state index < -0.39 is 18.4 Å². The van der Waals surface area contributed by atoms with E-state index in [1.165, 1.54) is 0 Å². The molecule has 3 N–H and O–H groups in total. The van der Waals surface area contributed by atoms with Gasteiger partial charge in [0, 0.05) is 5.02 Å². The van der Waals surface area contributed by atoms with Crippen LogP contribution >= 0.6 is 11.6 Å². The number of aliphatic carboxylic acids is 1. The molecule has 31 heavy (non-hydrogen) atoms. The number of imidazole rings is 1. The van der Waals surface area contributed by atoms with E-state index in [-0.39, 0.29) is 5.82 Å². The van der Waals surface area contributed by atoms with Crippen LogP contribution in [0.25, 0.3) is 22.2 Å². The van der Waals surface area contributed by atoms with E-state index in [2.05, 4.69) is 15.3 Å². The lowest BCUT2D eigenvalue weighted by Gasteiger charge is -2.09. The summed E-state index contributed by atoms with van der Waals surface area (Å²) < 4.78 is 5.90. The van der Waals surface area contributed by atoms with Crippen molar-refractivity contribution < 1.29 is 19.4 Å². The molecule has 0 saturated heterocycles. The Kier molecular flexibility index (Phi) is 5.86. The number of hydrogen-bond acceptors (Lipinski definition) is 4. The lowest BCUT2D eigenvalue weighted by Crippen LogP contribution is -2.29. The maximum absolute atomic E-state index is 12.0. The van der Waals surface area contributed by atoms with Crippen LogP contribution in [-0.4, -0.2) is 33.5 Å². The predicted octanol–water partition coefficient (Wildman–Crippen LogP) is 4.28. The fraction of sp³-hybridized carbons (Fsp3) is 0.0870. The summed E-state index contributed by atoms with van der Waals surface area (Å²) in [6.45, 7) is -0.0679. The minimum Gasteiger partial charge on any atom is -0.489 e. The molecule has 4 rings (SSSR count). The van der Waals surface area contributed by atoms with Crippen molar-refractivity contribution in [2.75, 3.05) is 6.54 Å². The summed E-state index contributed by atoms with van der Waals surface area (Å²) in [6, 6.07) is 20.8. The average molecular weight is 436 g/mol. The van der Waals surface area contributed by atoms with Crippen molar-refractivity contribution in [3.63, 3.8) is 0 Å². The lowest BCUT2D eigenvalue weighted by molar-refractivity contribution is -0.135. The van der Waals surface area contributed by atoms with Gasteiger partial charge in [0.05, 0.1) is 11.0 Å². The van der Waals surface area contributed by atoms with E-state index in [0.29, 0.717) is 22.7 Å².